The third-order valence-corrected chi connectivity index (χ3v) is 3.09. The first-order valence-corrected chi connectivity index (χ1v) is 7.43. The van der Waals surface area contributed by atoms with Crippen molar-refractivity contribution in [2.75, 3.05) is 13.2 Å². The van der Waals surface area contributed by atoms with E-state index in [0.29, 0.717) is 12.4 Å². The minimum absolute atomic E-state index is 0.0750. The van der Waals surface area contributed by atoms with Gasteiger partial charge in [0.25, 0.3) is 0 Å². The van der Waals surface area contributed by atoms with Gasteiger partial charge in [0.05, 0.1) is 11.1 Å². The summed E-state index contributed by atoms with van der Waals surface area (Å²) < 4.78 is 11.1. The van der Waals surface area contributed by atoms with Gasteiger partial charge in [-0.25, -0.2) is 4.79 Å². The van der Waals surface area contributed by atoms with Gasteiger partial charge in [0.2, 0.25) is 0 Å². The number of carbonyl (C=O) groups is 1. The molecule has 0 amide bonds. The Kier molecular flexibility index (Phi) is 6.49. The molecule has 5 heteroatoms. The second-order valence-corrected chi connectivity index (χ2v) is 6.32. The van der Waals surface area contributed by atoms with Gasteiger partial charge in [-0.2, -0.15) is 0 Å². The second-order valence-electron chi connectivity index (χ2n) is 5.46. The fourth-order valence-corrected chi connectivity index (χ4v) is 2.02. The number of ether oxygens (including phenoxy) is 2. The van der Waals surface area contributed by atoms with Gasteiger partial charge in [0, 0.05) is 12.1 Å². The van der Waals surface area contributed by atoms with Crippen LogP contribution in [0.1, 0.15) is 33.3 Å². The predicted molar refractivity (Wildman–Crippen MR) is 82.9 cm³/mol. The van der Waals surface area contributed by atoms with Crippen LogP contribution in [0, 0.1) is 0 Å². The molecule has 0 aliphatic heterocycles. The molecule has 1 rings (SSSR count). The summed E-state index contributed by atoms with van der Waals surface area (Å²) in [5.41, 5.74) is 1.22. The molecule has 0 aliphatic rings. The summed E-state index contributed by atoms with van der Waals surface area (Å²) in [7, 11) is 0. The van der Waals surface area contributed by atoms with E-state index in [-0.39, 0.29) is 18.1 Å². The van der Waals surface area contributed by atoms with E-state index >= 15 is 0 Å². The maximum Gasteiger partial charge on any atom is 0.344 e. The zero-order valence-electron chi connectivity index (χ0n) is 12.5. The van der Waals surface area contributed by atoms with E-state index in [1.807, 2.05) is 18.2 Å². The average Bonchev–Trinajstić information content (AvgIpc) is 2.34. The molecule has 0 aromatic heterocycles. The first-order valence-electron chi connectivity index (χ1n) is 6.63. The molecule has 112 valence electrons. The molecule has 1 aromatic rings. The van der Waals surface area contributed by atoms with Gasteiger partial charge in [-0.1, -0.05) is 6.07 Å². The number of halogens is 1. The van der Waals surface area contributed by atoms with Gasteiger partial charge in [-0.15, -0.1) is 0 Å². The first-order chi connectivity index (χ1) is 9.31. The smallest absolute Gasteiger partial charge is 0.344 e. The van der Waals surface area contributed by atoms with Crippen molar-refractivity contribution in [3.8, 4) is 5.75 Å². The van der Waals surface area contributed by atoms with Crippen molar-refractivity contribution in [3.63, 3.8) is 0 Å². The summed E-state index contributed by atoms with van der Waals surface area (Å²) in [6.45, 7) is 9.20. The van der Waals surface area contributed by atoms with Crippen molar-refractivity contribution in [3.05, 3.63) is 28.2 Å². The molecule has 1 aromatic carbocycles. The number of rotatable bonds is 6. The maximum atomic E-state index is 11.2. The Morgan fingerprint density at radius 1 is 1.35 bits per heavy atom. The zero-order valence-corrected chi connectivity index (χ0v) is 14.0. The number of hydrogen-bond acceptors (Lipinski definition) is 4. The summed E-state index contributed by atoms with van der Waals surface area (Å²) in [4.78, 5) is 11.2. The highest BCUT2D eigenvalue weighted by atomic mass is 79.9. The van der Waals surface area contributed by atoms with Crippen LogP contribution < -0.4 is 10.1 Å². The van der Waals surface area contributed by atoms with Crippen LogP contribution in [0.5, 0.6) is 5.75 Å². The summed E-state index contributed by atoms with van der Waals surface area (Å²) in [6.07, 6.45) is 0. The Balaban J connectivity index is 2.57. The van der Waals surface area contributed by atoms with Crippen LogP contribution in [-0.4, -0.2) is 24.7 Å². The highest BCUT2D eigenvalue weighted by molar-refractivity contribution is 9.10. The van der Waals surface area contributed by atoms with Crippen molar-refractivity contribution in [1.29, 1.82) is 0 Å². The van der Waals surface area contributed by atoms with Crippen LogP contribution in [-0.2, 0) is 16.1 Å². The summed E-state index contributed by atoms with van der Waals surface area (Å²) in [5, 5.41) is 3.42. The molecule has 0 unspecified atom stereocenters. The van der Waals surface area contributed by atoms with Crippen molar-refractivity contribution in [1.82, 2.24) is 5.32 Å². The van der Waals surface area contributed by atoms with Crippen molar-refractivity contribution >= 4 is 21.9 Å². The first kappa shape index (κ1) is 17.0. The lowest BCUT2D eigenvalue weighted by molar-refractivity contribution is -0.145. The third kappa shape index (κ3) is 6.39. The van der Waals surface area contributed by atoms with E-state index in [9.17, 15) is 4.79 Å². The Bertz CT molecular complexity index is 455. The Labute approximate surface area is 129 Å². The second kappa shape index (κ2) is 7.64. The number of esters is 1. The van der Waals surface area contributed by atoms with E-state index in [4.69, 9.17) is 9.47 Å². The third-order valence-electron chi connectivity index (χ3n) is 2.47. The van der Waals surface area contributed by atoms with Crippen molar-refractivity contribution in [2.24, 2.45) is 0 Å². The van der Waals surface area contributed by atoms with Crippen LogP contribution in [0.15, 0.2) is 22.7 Å². The molecule has 0 radical (unpaired) electrons. The van der Waals surface area contributed by atoms with Crippen molar-refractivity contribution in [2.45, 2.75) is 39.8 Å². The highest BCUT2D eigenvalue weighted by Crippen LogP contribution is 2.26. The predicted octanol–water partition coefficient (Wildman–Crippen LogP) is 3.28. The largest absolute Gasteiger partial charge is 0.481 e. The molecule has 0 spiro atoms. The van der Waals surface area contributed by atoms with E-state index in [0.717, 1.165) is 16.6 Å². The SMILES string of the molecule is CCOC(=O)COc1ccc(CNC(C)(C)C)cc1Br. The normalized spacial score (nSPS) is 11.2. The van der Waals surface area contributed by atoms with Gasteiger partial charge in [-0.05, 0) is 61.3 Å². The molecule has 0 atom stereocenters. The number of carbonyl (C=O) groups excluding carboxylic acids is 1. The average molecular weight is 344 g/mol. The summed E-state index contributed by atoms with van der Waals surface area (Å²) in [6, 6.07) is 5.81. The molecule has 0 heterocycles. The molecule has 0 aliphatic carbocycles. The Morgan fingerprint density at radius 3 is 2.60 bits per heavy atom. The van der Waals surface area contributed by atoms with Crippen LogP contribution >= 0.6 is 15.9 Å². The number of benzene rings is 1. The van der Waals surface area contributed by atoms with E-state index in [1.165, 1.54) is 0 Å². The molecule has 20 heavy (non-hydrogen) atoms. The minimum Gasteiger partial charge on any atom is -0.481 e. The van der Waals surface area contributed by atoms with Crippen LogP contribution in [0.4, 0.5) is 0 Å². The van der Waals surface area contributed by atoms with Gasteiger partial charge < -0.3 is 14.8 Å². The highest BCUT2D eigenvalue weighted by Gasteiger charge is 2.10. The quantitative estimate of drug-likeness (QED) is 0.805. The number of hydrogen-bond donors (Lipinski definition) is 1. The van der Waals surface area contributed by atoms with E-state index in [1.54, 1.807) is 6.92 Å². The molecular formula is C15H22BrNO3. The summed E-state index contributed by atoms with van der Waals surface area (Å²) >= 11 is 3.45. The minimum atomic E-state index is -0.363. The molecule has 0 fully saturated rings. The molecule has 0 bridgehead atoms. The van der Waals surface area contributed by atoms with Crippen molar-refractivity contribution < 1.29 is 14.3 Å². The molecule has 1 N–H and O–H groups in total. The monoisotopic (exact) mass is 343 g/mol. The maximum absolute atomic E-state index is 11.2. The van der Waals surface area contributed by atoms with Gasteiger partial charge in [0.15, 0.2) is 6.61 Å². The molecule has 0 saturated carbocycles. The van der Waals surface area contributed by atoms with Crippen LogP contribution in [0.2, 0.25) is 0 Å². The topological polar surface area (TPSA) is 47.6 Å². The van der Waals surface area contributed by atoms with Crippen LogP contribution in [0.3, 0.4) is 0 Å². The molecule has 4 nitrogen and oxygen atoms in total. The van der Waals surface area contributed by atoms with E-state index < -0.39 is 0 Å². The lowest BCUT2D eigenvalue weighted by Crippen LogP contribution is -2.35. The summed E-state index contributed by atoms with van der Waals surface area (Å²) in [5.74, 6) is 0.274. The molecule has 0 saturated heterocycles. The Hall–Kier alpha value is -1.07. The lowest BCUT2D eigenvalue weighted by atomic mass is 10.1. The fourth-order valence-electron chi connectivity index (χ4n) is 1.48. The fraction of sp³-hybridized carbons (Fsp3) is 0.533. The van der Waals surface area contributed by atoms with Gasteiger partial charge in [0.1, 0.15) is 5.75 Å². The standard InChI is InChI=1S/C15H22BrNO3/c1-5-19-14(18)10-20-13-7-6-11(8-12(13)16)9-17-15(2,3)4/h6-8,17H,5,9-10H2,1-4H3. The Morgan fingerprint density at radius 2 is 2.05 bits per heavy atom. The molecular weight excluding hydrogens is 322 g/mol. The van der Waals surface area contributed by atoms with Gasteiger partial charge in [-0.3, -0.25) is 0 Å². The number of nitrogens with one attached hydrogen (secondary N) is 1. The van der Waals surface area contributed by atoms with E-state index in [2.05, 4.69) is 42.0 Å². The van der Waals surface area contributed by atoms with Crippen LogP contribution in [0.25, 0.3) is 0 Å². The van der Waals surface area contributed by atoms with Gasteiger partial charge >= 0.3 is 5.97 Å². The zero-order chi connectivity index (χ0) is 15.2. The lowest BCUT2D eigenvalue weighted by Gasteiger charge is -2.20.